The maximum Gasteiger partial charge on any atom is 0.341 e. The smallest absolute Gasteiger partial charge is 0.341 e. The normalized spacial score (nSPS) is 16.0. The fraction of sp³-hybridized carbons (Fsp3) is 0.440. The topological polar surface area (TPSA) is 64.6 Å². The Balaban J connectivity index is 1.89. The zero-order chi connectivity index (χ0) is 21.7. The highest BCUT2D eigenvalue weighted by atomic mass is 16.5. The lowest BCUT2D eigenvalue weighted by atomic mass is 9.77. The van der Waals surface area contributed by atoms with Crippen molar-refractivity contribution in [1.82, 2.24) is 0 Å². The highest BCUT2D eigenvalue weighted by molar-refractivity contribution is 6.01. The molecule has 30 heavy (non-hydrogen) atoms. The number of anilines is 1. The molecule has 0 radical (unpaired) electrons. The van der Waals surface area contributed by atoms with Crippen LogP contribution in [0, 0.1) is 6.92 Å². The predicted octanol–water partition coefficient (Wildman–Crippen LogP) is 5.41. The molecule has 1 atom stereocenters. The third kappa shape index (κ3) is 4.50. The zero-order valence-corrected chi connectivity index (χ0v) is 18.3. The van der Waals surface area contributed by atoms with Gasteiger partial charge in [-0.1, -0.05) is 49.6 Å². The average molecular weight is 410 g/mol. The van der Waals surface area contributed by atoms with Crippen LogP contribution in [0.4, 0.5) is 5.69 Å². The van der Waals surface area contributed by atoms with Gasteiger partial charge in [0.1, 0.15) is 11.3 Å². The number of hydrogen-bond donors (Lipinski definition) is 1. The number of hydrogen-bond acceptors (Lipinski definition) is 4. The second-order valence-corrected chi connectivity index (χ2v) is 8.15. The predicted molar refractivity (Wildman–Crippen MR) is 118 cm³/mol. The maximum absolute atomic E-state index is 13.4. The Morgan fingerprint density at radius 1 is 1.10 bits per heavy atom. The number of ether oxygens (including phenoxy) is 2. The van der Waals surface area contributed by atoms with Gasteiger partial charge in [0.05, 0.1) is 18.6 Å². The quantitative estimate of drug-likeness (QED) is 0.621. The molecule has 1 fully saturated rings. The van der Waals surface area contributed by atoms with E-state index in [1.165, 1.54) is 12.7 Å². The number of aryl methyl sites for hydroxylation is 1. The standard InChI is InChI=1S/C25H31NO4/c1-5-18(3)30-22-13-12-20(16-21(22)23(27)29-4)26-24(28)25(14-6-7-15-25)19-10-8-17(2)9-11-19/h8-13,16,18H,5-7,14-15H2,1-4H3,(H,26,28). The SMILES string of the molecule is CCC(C)Oc1ccc(NC(=O)C2(c3ccc(C)cc3)CCCC2)cc1C(=O)OC. The number of amides is 1. The molecule has 160 valence electrons. The monoisotopic (exact) mass is 409 g/mol. The molecular formula is C25H31NO4. The number of carbonyl (C=O) groups excluding carboxylic acids is 2. The fourth-order valence-electron chi connectivity index (χ4n) is 4.03. The van der Waals surface area contributed by atoms with E-state index in [4.69, 9.17) is 9.47 Å². The van der Waals surface area contributed by atoms with Crippen LogP contribution in [0.2, 0.25) is 0 Å². The summed E-state index contributed by atoms with van der Waals surface area (Å²) in [7, 11) is 1.34. The Kier molecular flexibility index (Phi) is 6.80. The zero-order valence-electron chi connectivity index (χ0n) is 18.3. The maximum atomic E-state index is 13.4. The molecule has 0 spiro atoms. The van der Waals surface area contributed by atoms with Crippen molar-refractivity contribution in [3.8, 4) is 5.75 Å². The Labute approximate surface area is 178 Å². The number of nitrogens with one attached hydrogen (secondary N) is 1. The van der Waals surface area contributed by atoms with Crippen molar-refractivity contribution in [2.75, 3.05) is 12.4 Å². The van der Waals surface area contributed by atoms with Gasteiger partial charge < -0.3 is 14.8 Å². The first kappa shape index (κ1) is 21.9. The third-order valence-corrected chi connectivity index (χ3v) is 6.04. The van der Waals surface area contributed by atoms with E-state index in [-0.39, 0.29) is 12.0 Å². The van der Waals surface area contributed by atoms with Crippen LogP contribution >= 0.6 is 0 Å². The van der Waals surface area contributed by atoms with Gasteiger partial charge in [0.2, 0.25) is 5.91 Å². The van der Waals surface area contributed by atoms with Crippen molar-refractivity contribution in [3.63, 3.8) is 0 Å². The highest BCUT2D eigenvalue weighted by Gasteiger charge is 2.42. The second-order valence-electron chi connectivity index (χ2n) is 8.15. The van der Waals surface area contributed by atoms with Crippen molar-refractivity contribution in [1.29, 1.82) is 0 Å². The summed E-state index contributed by atoms with van der Waals surface area (Å²) >= 11 is 0. The molecule has 1 aliphatic rings. The van der Waals surface area contributed by atoms with Gasteiger partial charge in [-0.15, -0.1) is 0 Å². The first-order valence-electron chi connectivity index (χ1n) is 10.7. The van der Waals surface area contributed by atoms with Crippen LogP contribution in [-0.4, -0.2) is 25.1 Å². The van der Waals surface area contributed by atoms with Gasteiger partial charge in [-0.3, -0.25) is 4.79 Å². The first-order chi connectivity index (χ1) is 14.4. The molecule has 1 N–H and O–H groups in total. The molecule has 0 bridgehead atoms. The highest BCUT2D eigenvalue weighted by Crippen LogP contribution is 2.42. The molecule has 1 unspecified atom stereocenters. The van der Waals surface area contributed by atoms with Crippen molar-refractivity contribution < 1.29 is 19.1 Å². The Hall–Kier alpha value is -2.82. The third-order valence-electron chi connectivity index (χ3n) is 6.04. The molecule has 1 aliphatic carbocycles. The number of esters is 1. The molecule has 2 aromatic carbocycles. The van der Waals surface area contributed by atoms with Crippen LogP contribution in [0.3, 0.4) is 0 Å². The Morgan fingerprint density at radius 3 is 2.37 bits per heavy atom. The van der Waals surface area contributed by atoms with Crippen molar-refractivity contribution in [3.05, 3.63) is 59.2 Å². The molecule has 3 rings (SSSR count). The van der Waals surface area contributed by atoms with Crippen molar-refractivity contribution in [2.24, 2.45) is 0 Å². The molecular weight excluding hydrogens is 378 g/mol. The van der Waals surface area contributed by atoms with Gasteiger partial charge in [0.25, 0.3) is 0 Å². The van der Waals surface area contributed by atoms with E-state index < -0.39 is 11.4 Å². The molecule has 0 saturated heterocycles. The minimum absolute atomic E-state index is 0.0304. The van der Waals surface area contributed by atoms with Gasteiger partial charge in [-0.05, 0) is 56.9 Å². The molecule has 2 aromatic rings. The van der Waals surface area contributed by atoms with E-state index in [1.54, 1.807) is 18.2 Å². The summed E-state index contributed by atoms with van der Waals surface area (Å²) in [6.45, 7) is 6.01. The summed E-state index contributed by atoms with van der Waals surface area (Å²) in [5.74, 6) is -0.0582. The van der Waals surface area contributed by atoms with Crippen LogP contribution in [0.25, 0.3) is 0 Å². The molecule has 0 heterocycles. The molecule has 5 heteroatoms. The van der Waals surface area contributed by atoms with Crippen LogP contribution in [-0.2, 0) is 14.9 Å². The van der Waals surface area contributed by atoms with Crippen LogP contribution in [0.15, 0.2) is 42.5 Å². The fourth-order valence-corrected chi connectivity index (χ4v) is 4.03. The van der Waals surface area contributed by atoms with E-state index >= 15 is 0 Å². The molecule has 0 aromatic heterocycles. The summed E-state index contributed by atoms with van der Waals surface area (Å²) in [5.41, 5.74) is 2.56. The van der Waals surface area contributed by atoms with Gasteiger partial charge in [-0.2, -0.15) is 0 Å². The van der Waals surface area contributed by atoms with Crippen LogP contribution < -0.4 is 10.1 Å². The molecule has 1 amide bonds. The van der Waals surface area contributed by atoms with Crippen molar-refractivity contribution in [2.45, 2.75) is 64.4 Å². The summed E-state index contributed by atoms with van der Waals surface area (Å²) < 4.78 is 10.8. The summed E-state index contributed by atoms with van der Waals surface area (Å²) in [4.78, 5) is 25.7. The number of benzene rings is 2. The minimum atomic E-state index is -0.537. The Bertz CT molecular complexity index is 898. The van der Waals surface area contributed by atoms with Gasteiger partial charge in [-0.25, -0.2) is 4.79 Å². The average Bonchev–Trinajstić information content (AvgIpc) is 3.25. The molecule has 5 nitrogen and oxygen atoms in total. The molecule has 1 saturated carbocycles. The summed E-state index contributed by atoms with van der Waals surface area (Å²) in [5, 5.41) is 3.05. The van der Waals surface area contributed by atoms with E-state index in [9.17, 15) is 9.59 Å². The van der Waals surface area contributed by atoms with Crippen LogP contribution in [0.5, 0.6) is 5.75 Å². The lowest BCUT2D eigenvalue weighted by Crippen LogP contribution is -2.38. The lowest BCUT2D eigenvalue weighted by Gasteiger charge is -2.28. The van der Waals surface area contributed by atoms with E-state index in [1.807, 2.05) is 20.8 Å². The van der Waals surface area contributed by atoms with E-state index in [0.29, 0.717) is 17.0 Å². The van der Waals surface area contributed by atoms with E-state index in [0.717, 1.165) is 37.7 Å². The number of carbonyl (C=O) groups is 2. The summed E-state index contributed by atoms with van der Waals surface area (Å²) in [6.07, 6.45) is 4.48. The van der Waals surface area contributed by atoms with Gasteiger partial charge >= 0.3 is 5.97 Å². The van der Waals surface area contributed by atoms with E-state index in [2.05, 4.69) is 29.6 Å². The Morgan fingerprint density at radius 2 is 1.77 bits per heavy atom. The second kappa shape index (κ2) is 9.33. The van der Waals surface area contributed by atoms with Gasteiger partial charge in [0, 0.05) is 5.69 Å². The number of rotatable bonds is 7. The minimum Gasteiger partial charge on any atom is -0.490 e. The first-order valence-corrected chi connectivity index (χ1v) is 10.7. The van der Waals surface area contributed by atoms with Crippen molar-refractivity contribution >= 4 is 17.6 Å². The largest absolute Gasteiger partial charge is 0.490 e. The number of methoxy groups -OCH3 is 1. The van der Waals surface area contributed by atoms with Crippen LogP contribution in [0.1, 0.15) is 67.4 Å². The lowest BCUT2D eigenvalue weighted by molar-refractivity contribution is -0.121. The van der Waals surface area contributed by atoms with Gasteiger partial charge in [0.15, 0.2) is 0 Å². The molecule has 0 aliphatic heterocycles. The summed E-state index contributed by atoms with van der Waals surface area (Å²) in [6, 6.07) is 13.4.